The first-order chi connectivity index (χ1) is 7.83. The van der Waals surface area contributed by atoms with Crippen molar-refractivity contribution in [2.45, 2.75) is 31.5 Å². The lowest BCUT2D eigenvalue weighted by molar-refractivity contribution is -0.0418. The minimum absolute atomic E-state index is 0.163. The van der Waals surface area contributed by atoms with Crippen LogP contribution in [-0.2, 0) is 4.74 Å². The Labute approximate surface area is 105 Å². The maximum atomic E-state index is 6.01. The van der Waals surface area contributed by atoms with Crippen LogP contribution in [0.1, 0.15) is 30.9 Å². The first-order valence-electron chi connectivity index (χ1n) is 5.69. The van der Waals surface area contributed by atoms with E-state index in [4.69, 9.17) is 9.47 Å². The van der Waals surface area contributed by atoms with Gasteiger partial charge in [0.1, 0.15) is 5.75 Å². The molecule has 1 saturated carbocycles. The van der Waals surface area contributed by atoms with Gasteiger partial charge in [0.2, 0.25) is 0 Å². The summed E-state index contributed by atoms with van der Waals surface area (Å²) in [7, 11) is 1.68. The van der Waals surface area contributed by atoms with Crippen molar-refractivity contribution in [2.24, 2.45) is 0 Å². The molecule has 2 nitrogen and oxygen atoms in total. The number of ether oxygens (including phenoxy) is 2. The topological polar surface area (TPSA) is 18.5 Å². The maximum absolute atomic E-state index is 6.01. The molecule has 1 aromatic carbocycles. The van der Waals surface area contributed by atoms with Crippen molar-refractivity contribution in [3.63, 3.8) is 0 Å². The molecule has 0 bridgehead atoms. The van der Waals surface area contributed by atoms with Crippen LogP contribution in [0.5, 0.6) is 5.75 Å². The van der Waals surface area contributed by atoms with E-state index in [0.717, 1.165) is 11.1 Å². The summed E-state index contributed by atoms with van der Waals surface area (Å²) < 4.78 is 11.2. The molecule has 1 atom stereocenters. The summed E-state index contributed by atoms with van der Waals surface area (Å²) in [6.45, 7) is 0. The quantitative estimate of drug-likeness (QED) is 0.768. The number of hydrogen-bond acceptors (Lipinski definition) is 2. The predicted octanol–water partition coefficient (Wildman–Crippen LogP) is 3.70. The standard InChI is InChI=1S/C13H17BrO2/c1-15-11-7-5-10(6-8-11)13(9-14)16-12-3-2-4-12/h5-8,12-13H,2-4,9H2,1H3. The third kappa shape index (κ3) is 2.77. The van der Waals surface area contributed by atoms with Gasteiger partial charge in [0.15, 0.2) is 0 Å². The summed E-state index contributed by atoms with van der Waals surface area (Å²) in [5.74, 6) is 0.890. The van der Waals surface area contributed by atoms with Crippen LogP contribution in [-0.4, -0.2) is 18.5 Å². The van der Waals surface area contributed by atoms with Crippen molar-refractivity contribution in [3.05, 3.63) is 29.8 Å². The summed E-state index contributed by atoms with van der Waals surface area (Å²) >= 11 is 3.51. The monoisotopic (exact) mass is 284 g/mol. The van der Waals surface area contributed by atoms with Crippen LogP contribution in [0.15, 0.2) is 24.3 Å². The molecule has 88 valence electrons. The molecule has 3 heteroatoms. The summed E-state index contributed by atoms with van der Waals surface area (Å²) in [5, 5.41) is 0.843. The van der Waals surface area contributed by atoms with Crippen LogP contribution >= 0.6 is 15.9 Å². The molecule has 0 radical (unpaired) electrons. The Morgan fingerprint density at radius 3 is 2.44 bits per heavy atom. The van der Waals surface area contributed by atoms with Crippen LogP contribution < -0.4 is 4.74 Å². The van der Waals surface area contributed by atoms with Gasteiger partial charge in [-0.3, -0.25) is 0 Å². The van der Waals surface area contributed by atoms with Crippen molar-refractivity contribution < 1.29 is 9.47 Å². The summed E-state index contributed by atoms with van der Waals surface area (Å²) in [5.41, 5.74) is 1.21. The highest BCUT2D eigenvalue weighted by atomic mass is 79.9. The summed E-state index contributed by atoms with van der Waals surface area (Å²) in [4.78, 5) is 0. The SMILES string of the molecule is COc1ccc(C(CBr)OC2CCC2)cc1. The molecule has 0 saturated heterocycles. The van der Waals surface area contributed by atoms with Crippen LogP contribution in [0, 0.1) is 0 Å². The first-order valence-corrected chi connectivity index (χ1v) is 6.81. The van der Waals surface area contributed by atoms with Crippen LogP contribution in [0.25, 0.3) is 0 Å². The molecular formula is C13H17BrO2. The molecular weight excluding hydrogens is 268 g/mol. The van der Waals surface area contributed by atoms with E-state index in [9.17, 15) is 0 Å². The number of hydrogen-bond donors (Lipinski definition) is 0. The highest BCUT2D eigenvalue weighted by Gasteiger charge is 2.22. The Bertz CT molecular complexity index is 319. The second-order valence-corrected chi connectivity index (χ2v) is 4.75. The fourth-order valence-corrected chi connectivity index (χ4v) is 2.29. The molecule has 2 rings (SSSR count). The number of benzene rings is 1. The minimum atomic E-state index is 0.163. The Kier molecular flexibility index (Phi) is 4.24. The van der Waals surface area contributed by atoms with Gasteiger partial charge in [-0.1, -0.05) is 28.1 Å². The molecule has 0 heterocycles. The largest absolute Gasteiger partial charge is 0.497 e. The normalized spacial score (nSPS) is 17.9. The van der Waals surface area contributed by atoms with Crippen molar-refractivity contribution >= 4 is 15.9 Å². The van der Waals surface area contributed by atoms with E-state index < -0.39 is 0 Å². The van der Waals surface area contributed by atoms with Gasteiger partial charge in [-0.2, -0.15) is 0 Å². The molecule has 0 amide bonds. The van der Waals surface area contributed by atoms with E-state index in [1.54, 1.807) is 7.11 Å². The van der Waals surface area contributed by atoms with Crippen molar-refractivity contribution in [1.82, 2.24) is 0 Å². The van der Waals surface area contributed by atoms with Gasteiger partial charge in [0.05, 0.1) is 19.3 Å². The average Bonchev–Trinajstić information content (AvgIpc) is 2.28. The molecule has 0 N–H and O–H groups in total. The summed E-state index contributed by atoms with van der Waals surface area (Å²) in [6, 6.07) is 8.11. The van der Waals surface area contributed by atoms with Gasteiger partial charge < -0.3 is 9.47 Å². The van der Waals surface area contributed by atoms with Crippen LogP contribution in [0.3, 0.4) is 0 Å². The molecule has 0 aliphatic heterocycles. The molecule has 0 aromatic heterocycles. The molecule has 16 heavy (non-hydrogen) atoms. The zero-order valence-electron chi connectivity index (χ0n) is 9.49. The highest BCUT2D eigenvalue weighted by Crippen LogP contribution is 2.30. The van der Waals surface area contributed by atoms with Gasteiger partial charge >= 0.3 is 0 Å². The molecule has 1 aliphatic carbocycles. The van der Waals surface area contributed by atoms with Gasteiger partial charge in [0.25, 0.3) is 0 Å². The third-order valence-corrected chi connectivity index (χ3v) is 3.62. The Morgan fingerprint density at radius 2 is 2.00 bits per heavy atom. The molecule has 1 unspecified atom stereocenters. The number of rotatable bonds is 5. The van der Waals surface area contributed by atoms with E-state index in [1.165, 1.54) is 24.8 Å². The second-order valence-electron chi connectivity index (χ2n) is 4.11. The van der Waals surface area contributed by atoms with E-state index in [0.29, 0.717) is 6.10 Å². The lowest BCUT2D eigenvalue weighted by Crippen LogP contribution is -2.24. The lowest BCUT2D eigenvalue weighted by atomic mass is 9.96. The molecule has 0 spiro atoms. The third-order valence-electron chi connectivity index (χ3n) is 3.04. The van der Waals surface area contributed by atoms with Gasteiger partial charge in [-0.25, -0.2) is 0 Å². The van der Waals surface area contributed by atoms with Crippen molar-refractivity contribution in [2.75, 3.05) is 12.4 Å². The number of methoxy groups -OCH3 is 1. The Morgan fingerprint density at radius 1 is 1.31 bits per heavy atom. The Balaban J connectivity index is 2.00. The van der Waals surface area contributed by atoms with E-state index in [2.05, 4.69) is 28.1 Å². The summed E-state index contributed by atoms with van der Waals surface area (Å²) in [6.07, 6.45) is 4.35. The second kappa shape index (κ2) is 5.69. The van der Waals surface area contributed by atoms with Crippen LogP contribution in [0.2, 0.25) is 0 Å². The van der Waals surface area contributed by atoms with E-state index in [-0.39, 0.29) is 6.10 Å². The maximum Gasteiger partial charge on any atom is 0.118 e. The molecule has 1 aliphatic rings. The van der Waals surface area contributed by atoms with Gasteiger partial charge in [0, 0.05) is 5.33 Å². The van der Waals surface area contributed by atoms with Crippen molar-refractivity contribution in [3.8, 4) is 5.75 Å². The first kappa shape index (κ1) is 11.9. The minimum Gasteiger partial charge on any atom is -0.497 e. The predicted molar refractivity (Wildman–Crippen MR) is 68.3 cm³/mol. The van der Waals surface area contributed by atoms with E-state index in [1.807, 2.05) is 12.1 Å². The lowest BCUT2D eigenvalue weighted by Gasteiger charge is -2.30. The highest BCUT2D eigenvalue weighted by molar-refractivity contribution is 9.09. The fraction of sp³-hybridized carbons (Fsp3) is 0.538. The zero-order chi connectivity index (χ0) is 11.4. The molecule has 1 aromatic rings. The number of alkyl halides is 1. The van der Waals surface area contributed by atoms with Crippen molar-refractivity contribution in [1.29, 1.82) is 0 Å². The van der Waals surface area contributed by atoms with Crippen LogP contribution in [0.4, 0.5) is 0 Å². The fourth-order valence-electron chi connectivity index (χ4n) is 1.76. The van der Waals surface area contributed by atoms with Gasteiger partial charge in [-0.15, -0.1) is 0 Å². The average molecular weight is 285 g/mol. The Hall–Kier alpha value is -0.540. The smallest absolute Gasteiger partial charge is 0.118 e. The number of halogens is 1. The van der Waals surface area contributed by atoms with Gasteiger partial charge in [-0.05, 0) is 37.0 Å². The zero-order valence-corrected chi connectivity index (χ0v) is 11.1. The molecule has 1 fully saturated rings. The van der Waals surface area contributed by atoms with E-state index >= 15 is 0 Å².